The first-order chi connectivity index (χ1) is 17.9. The van der Waals surface area contributed by atoms with E-state index in [9.17, 15) is 9.59 Å². The van der Waals surface area contributed by atoms with Gasteiger partial charge in [-0.05, 0) is 68.2 Å². The number of piperidine rings is 1. The molecule has 1 saturated carbocycles. The first-order valence-electron chi connectivity index (χ1n) is 13.3. The number of rotatable bonds is 7. The van der Waals surface area contributed by atoms with E-state index in [-0.39, 0.29) is 23.4 Å². The highest BCUT2D eigenvalue weighted by Gasteiger charge is 2.34. The van der Waals surface area contributed by atoms with Crippen LogP contribution in [-0.4, -0.2) is 46.3 Å². The minimum Gasteiger partial charge on any atom is -0.465 e. The third-order valence-corrected chi connectivity index (χ3v) is 7.44. The molecule has 1 atom stereocenters. The van der Waals surface area contributed by atoms with Gasteiger partial charge in [-0.25, -0.2) is 13.9 Å². The number of halogens is 1. The minimum absolute atomic E-state index is 0.115. The predicted octanol–water partition coefficient (Wildman–Crippen LogP) is 6.38. The van der Waals surface area contributed by atoms with E-state index in [0.717, 1.165) is 49.9 Å². The molecular weight excluding hydrogens is 469 g/mol. The Hall–Kier alpha value is -3.48. The molecule has 0 N–H and O–H groups in total. The number of benzene rings is 2. The van der Waals surface area contributed by atoms with Crippen molar-refractivity contribution < 1.29 is 18.7 Å². The fourth-order valence-corrected chi connectivity index (χ4v) is 5.52. The third kappa shape index (κ3) is 5.04. The second-order valence-electron chi connectivity index (χ2n) is 10.6. The number of aromatic nitrogens is 2. The Kier molecular flexibility index (Phi) is 7.13. The minimum atomic E-state index is -0.503. The largest absolute Gasteiger partial charge is 0.465 e. The zero-order valence-electron chi connectivity index (χ0n) is 21.7. The highest BCUT2D eigenvalue weighted by Crippen LogP contribution is 2.43. The summed E-state index contributed by atoms with van der Waals surface area (Å²) in [5, 5.41) is 4.47. The topological polar surface area (TPSA) is 64.4 Å². The van der Waals surface area contributed by atoms with Gasteiger partial charge in [-0.3, -0.25) is 4.79 Å². The Morgan fingerprint density at radius 3 is 2.59 bits per heavy atom. The van der Waals surface area contributed by atoms with Crippen LogP contribution in [0.4, 0.5) is 4.39 Å². The zero-order valence-corrected chi connectivity index (χ0v) is 21.7. The first kappa shape index (κ1) is 25.2. The molecule has 1 aliphatic heterocycles. The van der Waals surface area contributed by atoms with Gasteiger partial charge >= 0.3 is 5.97 Å². The van der Waals surface area contributed by atoms with Crippen molar-refractivity contribution in [3.05, 3.63) is 71.3 Å². The van der Waals surface area contributed by atoms with E-state index >= 15 is 4.39 Å². The molecule has 2 aromatic carbocycles. The molecular formula is C30H34FN3O3. The number of nitrogens with zero attached hydrogens (tertiary/aromatic N) is 3. The maximum absolute atomic E-state index is 15.9. The summed E-state index contributed by atoms with van der Waals surface area (Å²) < 4.78 is 22.6. The van der Waals surface area contributed by atoms with E-state index in [1.807, 2.05) is 29.2 Å². The van der Waals surface area contributed by atoms with Gasteiger partial charge in [0.25, 0.3) is 5.91 Å². The van der Waals surface area contributed by atoms with Crippen molar-refractivity contribution >= 4 is 11.9 Å². The SMILES string of the molecule is COC(=O)c1cnn(-c2cccc(-c3cccc(C(=O)N4CCCCC4CC(C)C)c3F)c2)c1C1CC1. The quantitative estimate of drug-likeness (QED) is 0.351. The molecule has 0 spiro atoms. The molecule has 0 bridgehead atoms. The van der Waals surface area contributed by atoms with Crippen LogP contribution in [0.5, 0.6) is 0 Å². The molecule has 5 rings (SSSR count). The van der Waals surface area contributed by atoms with Gasteiger partial charge in [0, 0.05) is 24.1 Å². The van der Waals surface area contributed by atoms with Gasteiger partial charge in [-0.2, -0.15) is 5.10 Å². The second kappa shape index (κ2) is 10.5. The number of methoxy groups -OCH3 is 1. The molecule has 37 heavy (non-hydrogen) atoms. The van der Waals surface area contributed by atoms with Gasteiger partial charge in [0.15, 0.2) is 0 Å². The van der Waals surface area contributed by atoms with Crippen LogP contribution in [0.3, 0.4) is 0 Å². The summed E-state index contributed by atoms with van der Waals surface area (Å²) in [6.45, 7) is 4.99. The van der Waals surface area contributed by atoms with Crippen molar-refractivity contribution in [2.24, 2.45) is 5.92 Å². The monoisotopic (exact) mass is 503 g/mol. The van der Waals surface area contributed by atoms with E-state index < -0.39 is 11.8 Å². The highest BCUT2D eigenvalue weighted by atomic mass is 19.1. The van der Waals surface area contributed by atoms with Crippen molar-refractivity contribution in [1.29, 1.82) is 0 Å². The number of carbonyl (C=O) groups excluding carboxylic acids is 2. The molecule has 194 valence electrons. The smallest absolute Gasteiger partial charge is 0.341 e. The summed E-state index contributed by atoms with van der Waals surface area (Å²) in [7, 11) is 1.36. The number of hydrogen-bond acceptors (Lipinski definition) is 4. The van der Waals surface area contributed by atoms with Crippen LogP contribution in [0.1, 0.15) is 84.7 Å². The second-order valence-corrected chi connectivity index (χ2v) is 10.6. The van der Waals surface area contributed by atoms with Crippen LogP contribution in [0.25, 0.3) is 16.8 Å². The van der Waals surface area contributed by atoms with Crippen molar-refractivity contribution in [3.8, 4) is 16.8 Å². The van der Waals surface area contributed by atoms with Crippen LogP contribution < -0.4 is 0 Å². The molecule has 1 aromatic heterocycles. The molecule has 3 aromatic rings. The van der Waals surface area contributed by atoms with Crippen molar-refractivity contribution in [2.45, 2.75) is 64.3 Å². The van der Waals surface area contributed by atoms with Gasteiger partial charge in [0.2, 0.25) is 0 Å². The predicted molar refractivity (Wildman–Crippen MR) is 140 cm³/mol. The van der Waals surface area contributed by atoms with E-state index in [1.165, 1.54) is 13.3 Å². The van der Waals surface area contributed by atoms with Crippen molar-refractivity contribution in [1.82, 2.24) is 14.7 Å². The van der Waals surface area contributed by atoms with Crippen LogP contribution in [0, 0.1) is 11.7 Å². The van der Waals surface area contributed by atoms with Crippen LogP contribution in [-0.2, 0) is 4.74 Å². The lowest BCUT2D eigenvalue weighted by atomic mass is 9.93. The third-order valence-electron chi connectivity index (χ3n) is 7.44. The number of amides is 1. The van der Waals surface area contributed by atoms with Crippen LogP contribution in [0.2, 0.25) is 0 Å². The van der Waals surface area contributed by atoms with Crippen molar-refractivity contribution in [3.63, 3.8) is 0 Å². The average Bonchev–Trinajstić information content (AvgIpc) is 3.65. The van der Waals surface area contributed by atoms with Crippen molar-refractivity contribution in [2.75, 3.05) is 13.7 Å². The molecule has 1 saturated heterocycles. The zero-order chi connectivity index (χ0) is 26.1. The lowest BCUT2D eigenvalue weighted by Gasteiger charge is -2.37. The Balaban J connectivity index is 1.49. The van der Waals surface area contributed by atoms with E-state index in [1.54, 1.807) is 22.9 Å². The molecule has 7 heteroatoms. The van der Waals surface area contributed by atoms with Crippen LogP contribution >= 0.6 is 0 Å². The van der Waals surface area contributed by atoms with Gasteiger partial charge in [0.05, 0.1) is 30.3 Å². The fourth-order valence-electron chi connectivity index (χ4n) is 5.52. The van der Waals surface area contributed by atoms with E-state index in [2.05, 4.69) is 18.9 Å². The average molecular weight is 504 g/mol. The lowest BCUT2D eigenvalue weighted by molar-refractivity contribution is 0.0576. The Bertz CT molecular complexity index is 1310. The Morgan fingerprint density at radius 1 is 1.08 bits per heavy atom. The number of likely N-dealkylation sites (tertiary alicyclic amines) is 1. The maximum Gasteiger partial charge on any atom is 0.341 e. The van der Waals surface area contributed by atoms with Gasteiger partial charge in [-0.15, -0.1) is 0 Å². The molecule has 2 aliphatic rings. The summed E-state index contributed by atoms with van der Waals surface area (Å²) >= 11 is 0. The number of ether oxygens (including phenoxy) is 1. The summed E-state index contributed by atoms with van der Waals surface area (Å²) in [5.41, 5.74) is 3.17. The number of esters is 1. The van der Waals surface area contributed by atoms with Crippen LogP contribution in [0.15, 0.2) is 48.7 Å². The van der Waals surface area contributed by atoms with Gasteiger partial charge < -0.3 is 9.64 Å². The molecule has 1 unspecified atom stereocenters. The highest BCUT2D eigenvalue weighted by molar-refractivity contribution is 5.96. The Labute approximate surface area is 217 Å². The lowest BCUT2D eigenvalue weighted by Crippen LogP contribution is -2.44. The molecule has 0 radical (unpaired) electrons. The number of hydrogen-bond donors (Lipinski definition) is 0. The molecule has 2 fully saturated rings. The van der Waals surface area contributed by atoms with E-state index in [0.29, 0.717) is 29.2 Å². The molecule has 2 heterocycles. The molecule has 1 amide bonds. The maximum atomic E-state index is 15.9. The number of carbonyl (C=O) groups is 2. The van der Waals surface area contributed by atoms with E-state index in [4.69, 9.17) is 4.74 Å². The molecule has 6 nitrogen and oxygen atoms in total. The molecule has 1 aliphatic carbocycles. The van der Waals surface area contributed by atoms with Gasteiger partial charge in [0.1, 0.15) is 11.4 Å². The fraction of sp³-hybridized carbons (Fsp3) is 0.433. The summed E-state index contributed by atoms with van der Waals surface area (Å²) in [4.78, 5) is 27.7. The Morgan fingerprint density at radius 2 is 1.86 bits per heavy atom. The van der Waals surface area contributed by atoms with Gasteiger partial charge in [-0.1, -0.05) is 38.1 Å². The standard InChI is InChI=1S/C30H34FN3O3/c1-19(2)16-22-9-4-5-15-33(22)29(35)25-12-7-11-24(27(25)31)21-8-6-10-23(17-21)34-28(20-13-14-20)26(18-32-34)30(36)37-3/h6-8,10-12,17-20,22H,4-5,9,13-16H2,1-3H3. The first-order valence-corrected chi connectivity index (χ1v) is 13.3. The summed E-state index contributed by atoms with van der Waals surface area (Å²) in [6, 6.07) is 12.6. The summed E-state index contributed by atoms with van der Waals surface area (Å²) in [5.74, 6) is -0.417. The summed E-state index contributed by atoms with van der Waals surface area (Å²) in [6.07, 6.45) is 7.46. The normalized spacial score (nSPS) is 17.8.